The van der Waals surface area contributed by atoms with E-state index in [1.807, 2.05) is 0 Å². The van der Waals surface area contributed by atoms with E-state index >= 15 is 0 Å². The highest BCUT2D eigenvalue weighted by molar-refractivity contribution is 5.86. The van der Waals surface area contributed by atoms with Crippen molar-refractivity contribution in [1.29, 1.82) is 0 Å². The Morgan fingerprint density at radius 2 is 1.78 bits per heavy atom. The summed E-state index contributed by atoms with van der Waals surface area (Å²) in [6.45, 7) is 11.6. The second-order valence-electron chi connectivity index (χ2n) is 10.5. The second-order valence-corrected chi connectivity index (χ2v) is 10.5. The highest BCUT2D eigenvalue weighted by atomic mass is 16.5. The van der Waals surface area contributed by atoms with Gasteiger partial charge in [-0.25, -0.2) is 4.79 Å². The number of ether oxygens (including phenoxy) is 2. The van der Waals surface area contributed by atoms with Crippen LogP contribution in [0.2, 0.25) is 0 Å². The maximum Gasteiger partial charge on any atom is 0.330 e. The van der Waals surface area contributed by atoms with Crippen LogP contribution in [0.25, 0.3) is 6.08 Å². The number of carbonyl (C=O) groups excluding carboxylic acids is 1. The normalized spacial score (nSPS) is 21.1. The Morgan fingerprint density at radius 1 is 1.09 bits per heavy atom. The summed E-state index contributed by atoms with van der Waals surface area (Å²) in [4.78, 5) is 11.7. The van der Waals surface area contributed by atoms with Gasteiger partial charge in [-0.1, -0.05) is 33.8 Å². The average molecular weight is 437 g/mol. The Morgan fingerprint density at radius 3 is 2.44 bits per heavy atom. The summed E-state index contributed by atoms with van der Waals surface area (Å²) in [6.07, 6.45) is 8.57. The summed E-state index contributed by atoms with van der Waals surface area (Å²) in [5, 5.41) is 0. The van der Waals surface area contributed by atoms with Gasteiger partial charge in [-0.05, 0) is 72.8 Å². The largest absolute Gasteiger partial charge is 0.496 e. The summed E-state index contributed by atoms with van der Waals surface area (Å²) in [5.74, 6) is 2.57. The van der Waals surface area contributed by atoms with E-state index in [2.05, 4.69) is 45.9 Å². The quantitative estimate of drug-likeness (QED) is 0.387. The van der Waals surface area contributed by atoms with Crippen molar-refractivity contribution in [3.8, 4) is 5.75 Å². The van der Waals surface area contributed by atoms with Gasteiger partial charge in [0, 0.05) is 29.5 Å². The maximum atomic E-state index is 11.7. The van der Waals surface area contributed by atoms with Crippen LogP contribution in [0.3, 0.4) is 0 Å². The minimum absolute atomic E-state index is 0.146. The van der Waals surface area contributed by atoms with Gasteiger partial charge in [0.1, 0.15) is 17.3 Å². The van der Waals surface area contributed by atoms with Crippen LogP contribution in [0.15, 0.2) is 28.7 Å². The molecule has 0 saturated heterocycles. The van der Waals surface area contributed by atoms with Crippen molar-refractivity contribution in [1.82, 2.24) is 0 Å². The van der Waals surface area contributed by atoms with E-state index in [1.165, 1.54) is 41.2 Å². The van der Waals surface area contributed by atoms with Crippen LogP contribution < -0.4 is 4.74 Å². The topological polar surface area (TPSA) is 48.7 Å². The van der Waals surface area contributed by atoms with Crippen molar-refractivity contribution in [3.05, 3.63) is 58.0 Å². The molecule has 0 radical (unpaired) electrons. The zero-order valence-electron chi connectivity index (χ0n) is 20.3. The predicted molar refractivity (Wildman–Crippen MR) is 127 cm³/mol. The van der Waals surface area contributed by atoms with Gasteiger partial charge < -0.3 is 13.9 Å². The van der Waals surface area contributed by atoms with Crippen LogP contribution in [-0.2, 0) is 26.8 Å². The van der Waals surface area contributed by atoms with Crippen LogP contribution in [-0.4, -0.2) is 19.7 Å². The van der Waals surface area contributed by atoms with Gasteiger partial charge in [0.25, 0.3) is 0 Å². The molecule has 1 aromatic carbocycles. The van der Waals surface area contributed by atoms with Crippen molar-refractivity contribution < 1.29 is 18.7 Å². The Kier molecular flexibility index (Phi) is 6.00. The van der Waals surface area contributed by atoms with Gasteiger partial charge in [0.05, 0.1) is 13.7 Å². The minimum Gasteiger partial charge on any atom is -0.496 e. The maximum absolute atomic E-state index is 11.7. The fourth-order valence-corrected chi connectivity index (χ4v) is 5.38. The number of esters is 1. The van der Waals surface area contributed by atoms with Crippen molar-refractivity contribution in [2.75, 3.05) is 13.7 Å². The minimum atomic E-state index is -0.348. The molecule has 4 heteroatoms. The fourth-order valence-electron chi connectivity index (χ4n) is 5.38. The van der Waals surface area contributed by atoms with Gasteiger partial charge in [-0.3, -0.25) is 0 Å². The predicted octanol–water partition coefficient (Wildman–Crippen LogP) is 6.68. The highest BCUT2D eigenvalue weighted by Gasteiger charge is 2.39. The van der Waals surface area contributed by atoms with Gasteiger partial charge in [0.2, 0.25) is 0 Å². The first-order chi connectivity index (χ1) is 15.2. The molecule has 4 rings (SSSR count). The van der Waals surface area contributed by atoms with Gasteiger partial charge >= 0.3 is 5.97 Å². The Bertz CT molecular complexity index is 1040. The summed E-state index contributed by atoms with van der Waals surface area (Å²) in [6, 6.07) is 6.79. The molecule has 2 aliphatic rings. The van der Waals surface area contributed by atoms with Crippen molar-refractivity contribution in [2.45, 2.75) is 83.5 Å². The van der Waals surface area contributed by atoms with Crippen LogP contribution in [0.5, 0.6) is 5.75 Å². The lowest BCUT2D eigenvalue weighted by molar-refractivity contribution is -0.137. The molecule has 0 spiro atoms. The van der Waals surface area contributed by atoms with Crippen LogP contribution in [0.1, 0.15) is 100.0 Å². The van der Waals surface area contributed by atoms with Crippen LogP contribution in [0, 0.1) is 0 Å². The summed E-state index contributed by atoms with van der Waals surface area (Å²) < 4.78 is 17.1. The first-order valence-corrected chi connectivity index (χ1v) is 11.9. The molecule has 0 fully saturated rings. The molecule has 0 saturated carbocycles. The number of aryl methyl sites for hydroxylation is 1. The molecule has 172 valence electrons. The standard InChI is InChI=1S/C28H36O4/c1-7-31-26(29)12-11-18-15-20-19(9-8-10-24(20)32-18)21-16-22-23(17-25(21)30-6)28(4,5)14-13-27(22,2)3/h11-12,15-17,19H,7-10,13-14H2,1-6H3. The fraction of sp³-hybridized carbons (Fsp3) is 0.536. The Labute approximate surface area is 192 Å². The third kappa shape index (κ3) is 4.12. The van der Waals surface area contributed by atoms with E-state index < -0.39 is 0 Å². The summed E-state index contributed by atoms with van der Waals surface area (Å²) in [5.41, 5.74) is 5.62. The third-order valence-corrected chi connectivity index (χ3v) is 7.38. The lowest BCUT2D eigenvalue weighted by atomic mass is 9.62. The monoisotopic (exact) mass is 436 g/mol. The molecular formula is C28H36O4. The molecule has 2 aliphatic carbocycles. The van der Waals surface area contributed by atoms with E-state index in [1.54, 1.807) is 20.1 Å². The first kappa shape index (κ1) is 22.7. The molecule has 0 N–H and O–H groups in total. The zero-order valence-corrected chi connectivity index (χ0v) is 20.3. The first-order valence-electron chi connectivity index (χ1n) is 11.9. The molecule has 4 nitrogen and oxygen atoms in total. The molecule has 1 aromatic heterocycles. The molecule has 1 unspecified atom stereocenters. The van der Waals surface area contributed by atoms with Crippen LogP contribution in [0.4, 0.5) is 0 Å². The lowest BCUT2D eigenvalue weighted by Gasteiger charge is -2.42. The average Bonchev–Trinajstić information content (AvgIpc) is 3.18. The SMILES string of the molecule is CCOC(=O)C=Cc1cc2c(o1)CCCC2c1cc2c(cc1OC)C(C)(C)CCC2(C)C. The number of methoxy groups -OCH3 is 1. The number of carbonyl (C=O) groups is 1. The van der Waals surface area contributed by atoms with E-state index in [-0.39, 0.29) is 22.7 Å². The van der Waals surface area contributed by atoms with Crippen molar-refractivity contribution in [2.24, 2.45) is 0 Å². The van der Waals surface area contributed by atoms with Gasteiger partial charge in [-0.15, -0.1) is 0 Å². The van der Waals surface area contributed by atoms with E-state index in [4.69, 9.17) is 13.9 Å². The number of fused-ring (bicyclic) bond motifs is 2. The molecule has 1 heterocycles. The Hall–Kier alpha value is -2.49. The smallest absolute Gasteiger partial charge is 0.330 e. The third-order valence-electron chi connectivity index (χ3n) is 7.38. The number of rotatable bonds is 5. The number of furan rings is 1. The number of hydrogen-bond donors (Lipinski definition) is 0. The Balaban J connectivity index is 1.76. The molecule has 0 amide bonds. The van der Waals surface area contributed by atoms with Gasteiger partial charge in [0.15, 0.2) is 0 Å². The molecule has 0 aliphatic heterocycles. The lowest BCUT2D eigenvalue weighted by Crippen LogP contribution is -2.34. The molecule has 1 atom stereocenters. The van der Waals surface area contributed by atoms with E-state index in [9.17, 15) is 4.79 Å². The summed E-state index contributed by atoms with van der Waals surface area (Å²) in [7, 11) is 1.78. The zero-order chi connectivity index (χ0) is 23.1. The van der Waals surface area contributed by atoms with E-state index in [0.717, 1.165) is 30.8 Å². The molecular weight excluding hydrogens is 400 g/mol. The van der Waals surface area contributed by atoms with E-state index in [0.29, 0.717) is 12.4 Å². The van der Waals surface area contributed by atoms with Crippen molar-refractivity contribution >= 4 is 12.0 Å². The summed E-state index contributed by atoms with van der Waals surface area (Å²) >= 11 is 0. The molecule has 2 aromatic rings. The number of benzene rings is 1. The second kappa shape index (κ2) is 8.46. The van der Waals surface area contributed by atoms with Gasteiger partial charge in [-0.2, -0.15) is 0 Å². The molecule has 0 bridgehead atoms. The van der Waals surface area contributed by atoms with Crippen molar-refractivity contribution in [3.63, 3.8) is 0 Å². The number of hydrogen-bond acceptors (Lipinski definition) is 4. The highest BCUT2D eigenvalue weighted by Crippen LogP contribution is 2.50. The molecule has 32 heavy (non-hydrogen) atoms. The van der Waals surface area contributed by atoms with Crippen LogP contribution >= 0.6 is 0 Å².